The van der Waals surface area contributed by atoms with Gasteiger partial charge in [0.05, 0.1) is 12.7 Å². The third kappa shape index (κ3) is 3.21. The summed E-state index contributed by atoms with van der Waals surface area (Å²) >= 11 is 0. The van der Waals surface area contributed by atoms with Crippen LogP contribution in [0.25, 0.3) is 0 Å². The summed E-state index contributed by atoms with van der Waals surface area (Å²) in [6.07, 6.45) is 1.73. The summed E-state index contributed by atoms with van der Waals surface area (Å²) in [5.41, 5.74) is -2.27. The van der Waals surface area contributed by atoms with Crippen LogP contribution in [0.15, 0.2) is 20.8 Å². The van der Waals surface area contributed by atoms with Crippen LogP contribution in [0.4, 0.5) is 9.18 Å². The number of hydrogen-bond donors (Lipinski definition) is 2. The maximum absolute atomic E-state index is 12.8. The van der Waals surface area contributed by atoms with Crippen molar-refractivity contribution >= 4 is 12.1 Å². The van der Waals surface area contributed by atoms with Crippen LogP contribution in [0.5, 0.6) is 0 Å². The van der Waals surface area contributed by atoms with E-state index in [4.69, 9.17) is 0 Å². The number of aliphatic imine (C=N–C) groups is 1. The van der Waals surface area contributed by atoms with Gasteiger partial charge in [0.25, 0.3) is 5.56 Å². The largest absolute Gasteiger partial charge is 0.336 e. The Labute approximate surface area is 92.8 Å². The molecule has 0 unspecified atom stereocenters. The minimum atomic E-state index is -1.26. The molecule has 0 radical (unpaired) electrons. The molecule has 0 bridgehead atoms. The van der Waals surface area contributed by atoms with Crippen molar-refractivity contribution in [2.45, 2.75) is 0 Å². The molecular weight excluding hydrogens is 235 g/mol. The van der Waals surface area contributed by atoms with Crippen LogP contribution in [-0.4, -0.2) is 34.8 Å². The summed E-state index contributed by atoms with van der Waals surface area (Å²) in [5.74, 6) is -1.26. The zero-order chi connectivity index (χ0) is 12.8. The minimum Gasteiger partial charge on any atom is -0.335 e. The molecule has 2 N–H and O–H groups in total. The van der Waals surface area contributed by atoms with Gasteiger partial charge in [-0.1, -0.05) is 0 Å². The van der Waals surface area contributed by atoms with Gasteiger partial charge in [0.2, 0.25) is 11.9 Å². The second-order valence-electron chi connectivity index (χ2n) is 2.81. The number of hydrogen-bond acceptors (Lipinski definition) is 5. The van der Waals surface area contributed by atoms with Crippen molar-refractivity contribution in [2.24, 2.45) is 4.99 Å². The van der Waals surface area contributed by atoms with Gasteiger partial charge in [0.15, 0.2) is 0 Å². The molecule has 1 amide bonds. The highest BCUT2D eigenvalue weighted by atomic mass is 19.1. The van der Waals surface area contributed by atoms with Gasteiger partial charge in [-0.2, -0.15) is 4.39 Å². The van der Waals surface area contributed by atoms with E-state index >= 15 is 0 Å². The summed E-state index contributed by atoms with van der Waals surface area (Å²) in [7, 11) is 0. The van der Waals surface area contributed by atoms with Gasteiger partial charge >= 0.3 is 11.7 Å². The van der Waals surface area contributed by atoms with Crippen LogP contribution in [0.1, 0.15) is 0 Å². The third-order valence-corrected chi connectivity index (χ3v) is 1.68. The van der Waals surface area contributed by atoms with E-state index < -0.39 is 23.1 Å². The number of H-pyrrole nitrogens is 1. The lowest BCUT2D eigenvalue weighted by Crippen LogP contribution is -2.41. The Morgan fingerprint density at radius 3 is 2.94 bits per heavy atom. The van der Waals surface area contributed by atoms with Crippen molar-refractivity contribution < 1.29 is 14.0 Å². The fraction of sp³-hybridized carbons (Fsp3) is 0.250. The Morgan fingerprint density at radius 2 is 2.29 bits per heavy atom. The molecule has 0 atom stereocenters. The molecule has 17 heavy (non-hydrogen) atoms. The summed E-state index contributed by atoms with van der Waals surface area (Å²) in [6.45, 7) is -0.0446. The number of carbonyl (C=O) groups excluding carboxylic acids is 2. The molecule has 0 saturated carbocycles. The van der Waals surface area contributed by atoms with Gasteiger partial charge in [-0.05, 0) is 0 Å². The monoisotopic (exact) mass is 242 g/mol. The van der Waals surface area contributed by atoms with Gasteiger partial charge in [-0.25, -0.2) is 23.9 Å². The number of rotatable bonds is 3. The second kappa shape index (κ2) is 5.52. The summed E-state index contributed by atoms with van der Waals surface area (Å²) < 4.78 is 13.2. The Morgan fingerprint density at radius 1 is 1.59 bits per heavy atom. The van der Waals surface area contributed by atoms with Gasteiger partial charge in [-0.15, -0.1) is 0 Å². The van der Waals surface area contributed by atoms with Crippen LogP contribution in [0.3, 0.4) is 0 Å². The number of aromatic nitrogens is 2. The molecule has 0 aliphatic heterocycles. The van der Waals surface area contributed by atoms with Gasteiger partial charge in [0.1, 0.15) is 0 Å². The van der Waals surface area contributed by atoms with E-state index in [9.17, 15) is 23.6 Å². The van der Waals surface area contributed by atoms with E-state index in [-0.39, 0.29) is 13.1 Å². The summed E-state index contributed by atoms with van der Waals surface area (Å²) in [5, 5.41) is 2.18. The first-order valence-corrected chi connectivity index (χ1v) is 4.39. The highest BCUT2D eigenvalue weighted by Gasteiger charge is 2.09. The van der Waals surface area contributed by atoms with Crippen LogP contribution < -0.4 is 16.6 Å². The predicted molar refractivity (Wildman–Crippen MR) is 53.1 cm³/mol. The Hall–Kier alpha value is -2.54. The van der Waals surface area contributed by atoms with E-state index in [2.05, 4.69) is 10.3 Å². The molecule has 0 aliphatic rings. The van der Waals surface area contributed by atoms with E-state index in [1.54, 1.807) is 4.98 Å². The molecule has 0 spiro atoms. The molecule has 1 heterocycles. The zero-order valence-electron chi connectivity index (χ0n) is 8.40. The number of aromatic amines is 1. The predicted octanol–water partition coefficient (Wildman–Crippen LogP) is -1.43. The van der Waals surface area contributed by atoms with Crippen LogP contribution in [0.2, 0.25) is 0 Å². The van der Waals surface area contributed by atoms with E-state index in [0.29, 0.717) is 10.8 Å². The number of nitrogens with zero attached hydrogens (tertiary/aromatic N) is 2. The Kier molecular flexibility index (Phi) is 4.07. The minimum absolute atomic E-state index is 0.0180. The molecule has 9 heteroatoms. The average molecular weight is 242 g/mol. The maximum Gasteiger partial charge on any atom is 0.336 e. The van der Waals surface area contributed by atoms with Crippen LogP contribution in [0, 0.1) is 5.82 Å². The lowest BCUT2D eigenvalue weighted by atomic mass is 10.6. The molecule has 1 aromatic heterocycles. The van der Waals surface area contributed by atoms with Gasteiger partial charge in [0, 0.05) is 6.54 Å². The van der Waals surface area contributed by atoms with Crippen molar-refractivity contribution in [3.05, 3.63) is 32.9 Å². The molecule has 0 fully saturated rings. The smallest absolute Gasteiger partial charge is 0.335 e. The molecular formula is C8H7FN4O4. The number of isocyanates is 1. The SMILES string of the molecule is O=C=NCCNC(=O)n1cc(F)c(=O)[nH]c1=O. The molecule has 0 saturated heterocycles. The van der Waals surface area contributed by atoms with Crippen molar-refractivity contribution in [1.29, 1.82) is 0 Å². The third-order valence-electron chi connectivity index (χ3n) is 1.68. The molecule has 8 nitrogen and oxygen atoms in total. The quantitative estimate of drug-likeness (QED) is 0.384. The highest BCUT2D eigenvalue weighted by molar-refractivity contribution is 5.76. The molecule has 90 valence electrons. The molecule has 1 aromatic rings. The Balaban J connectivity index is 2.82. The molecule has 0 aliphatic carbocycles. The van der Waals surface area contributed by atoms with Crippen LogP contribution >= 0.6 is 0 Å². The fourth-order valence-electron chi connectivity index (χ4n) is 0.948. The normalized spacial score (nSPS) is 9.47. The Bertz CT molecular complexity index is 584. The standard InChI is InChI=1S/C8H7FN4O4/c9-5-3-13(8(17)12-6(5)15)7(16)11-2-1-10-4-14/h3H,1-2H2,(H,11,16)(H,12,15,17). The van der Waals surface area contributed by atoms with Crippen LogP contribution in [-0.2, 0) is 4.79 Å². The van der Waals surface area contributed by atoms with Crippen molar-refractivity contribution in [3.63, 3.8) is 0 Å². The molecule has 1 rings (SSSR count). The zero-order valence-corrected chi connectivity index (χ0v) is 8.40. The van der Waals surface area contributed by atoms with E-state index in [1.165, 1.54) is 6.08 Å². The maximum atomic E-state index is 12.8. The van der Waals surface area contributed by atoms with Gasteiger partial charge in [-0.3, -0.25) is 9.78 Å². The van der Waals surface area contributed by atoms with Crippen molar-refractivity contribution in [2.75, 3.05) is 13.1 Å². The highest BCUT2D eigenvalue weighted by Crippen LogP contribution is 1.83. The number of nitrogens with one attached hydrogen (secondary N) is 2. The first-order chi connectivity index (χ1) is 8.06. The summed E-state index contributed by atoms with van der Waals surface area (Å²) in [6, 6.07) is -0.939. The lowest BCUT2D eigenvalue weighted by molar-refractivity contribution is 0.241. The topological polar surface area (TPSA) is 113 Å². The average Bonchev–Trinajstić information content (AvgIpc) is 2.29. The number of halogens is 1. The van der Waals surface area contributed by atoms with Gasteiger partial charge < -0.3 is 5.32 Å². The van der Waals surface area contributed by atoms with E-state index in [0.717, 1.165) is 0 Å². The van der Waals surface area contributed by atoms with Crippen molar-refractivity contribution in [1.82, 2.24) is 14.9 Å². The number of carbonyl (C=O) groups is 1. The first kappa shape index (κ1) is 12.5. The van der Waals surface area contributed by atoms with Crippen molar-refractivity contribution in [3.8, 4) is 0 Å². The second-order valence-corrected chi connectivity index (χ2v) is 2.81. The fourth-order valence-corrected chi connectivity index (χ4v) is 0.948. The first-order valence-electron chi connectivity index (χ1n) is 4.39. The molecule has 0 aromatic carbocycles. The summed E-state index contributed by atoms with van der Waals surface area (Å²) in [4.78, 5) is 47.6. The van der Waals surface area contributed by atoms with E-state index in [1.807, 2.05) is 0 Å². The number of amides is 1. The lowest BCUT2D eigenvalue weighted by Gasteiger charge is -2.04.